The Bertz CT molecular complexity index is 214. The maximum absolute atomic E-state index is 11.3. The van der Waals surface area contributed by atoms with Crippen molar-refractivity contribution in [1.29, 1.82) is 0 Å². The van der Waals surface area contributed by atoms with Gasteiger partial charge in [0.1, 0.15) is 0 Å². The summed E-state index contributed by atoms with van der Waals surface area (Å²) in [4.78, 5) is 11.3. The van der Waals surface area contributed by atoms with Crippen LogP contribution in [0.5, 0.6) is 0 Å². The fraction of sp³-hybridized carbons (Fsp3) is 0.667. The van der Waals surface area contributed by atoms with Crippen molar-refractivity contribution in [3.05, 3.63) is 12.7 Å². The molecule has 1 fully saturated rings. The van der Waals surface area contributed by atoms with Crippen molar-refractivity contribution in [2.24, 2.45) is 5.73 Å². The van der Waals surface area contributed by atoms with Crippen molar-refractivity contribution in [3.63, 3.8) is 0 Å². The third-order valence-corrected chi connectivity index (χ3v) is 3.31. The van der Waals surface area contributed by atoms with Gasteiger partial charge in [0.15, 0.2) is 0 Å². The monoisotopic (exact) mass is 200 g/mol. The van der Waals surface area contributed by atoms with E-state index in [1.54, 1.807) is 6.08 Å². The second kappa shape index (κ2) is 4.15. The third kappa shape index (κ3) is 3.40. The molecule has 0 aromatic heterocycles. The molecular formula is C9H16N2OS. The standard InChI is InChI=1S/C9H16N2OS/c1-3-4-7(10)8(12)11-13-9(2)5-6-9/h3,7H,1,4-6,10H2,2H3,(H,11,12). The van der Waals surface area contributed by atoms with Gasteiger partial charge in [-0.1, -0.05) is 6.08 Å². The molecule has 1 unspecified atom stereocenters. The molecule has 1 atom stereocenters. The zero-order valence-electron chi connectivity index (χ0n) is 7.88. The molecule has 0 radical (unpaired) electrons. The number of hydrogen-bond acceptors (Lipinski definition) is 3. The lowest BCUT2D eigenvalue weighted by atomic mass is 10.2. The van der Waals surface area contributed by atoms with Crippen LogP contribution in [-0.2, 0) is 4.79 Å². The van der Waals surface area contributed by atoms with Gasteiger partial charge in [0.25, 0.3) is 0 Å². The summed E-state index contributed by atoms with van der Waals surface area (Å²) in [5.74, 6) is -0.0991. The predicted octanol–water partition coefficient (Wildman–Crippen LogP) is 1.21. The van der Waals surface area contributed by atoms with Crippen LogP contribution in [0.25, 0.3) is 0 Å². The van der Waals surface area contributed by atoms with Gasteiger partial charge in [-0.2, -0.15) is 0 Å². The number of carbonyl (C=O) groups is 1. The summed E-state index contributed by atoms with van der Waals surface area (Å²) in [6.07, 6.45) is 4.54. The van der Waals surface area contributed by atoms with Crippen LogP contribution < -0.4 is 10.5 Å². The van der Waals surface area contributed by atoms with E-state index in [1.807, 2.05) is 0 Å². The van der Waals surface area contributed by atoms with E-state index in [4.69, 9.17) is 5.73 Å². The molecule has 0 aromatic rings. The van der Waals surface area contributed by atoms with Crippen molar-refractivity contribution < 1.29 is 4.79 Å². The van der Waals surface area contributed by atoms with E-state index in [2.05, 4.69) is 18.2 Å². The first-order valence-electron chi connectivity index (χ1n) is 4.42. The molecule has 1 saturated carbocycles. The molecule has 3 nitrogen and oxygen atoms in total. The molecule has 0 heterocycles. The van der Waals surface area contributed by atoms with Gasteiger partial charge >= 0.3 is 0 Å². The summed E-state index contributed by atoms with van der Waals surface area (Å²) >= 11 is 1.49. The molecule has 74 valence electrons. The van der Waals surface area contributed by atoms with Gasteiger partial charge in [-0.25, -0.2) is 0 Å². The highest BCUT2D eigenvalue weighted by Crippen LogP contribution is 2.46. The molecule has 0 aliphatic heterocycles. The number of rotatable bonds is 5. The molecule has 0 spiro atoms. The largest absolute Gasteiger partial charge is 0.320 e. The van der Waals surface area contributed by atoms with Crippen LogP contribution in [0.2, 0.25) is 0 Å². The van der Waals surface area contributed by atoms with Crippen LogP contribution in [0.15, 0.2) is 12.7 Å². The number of hydrogen-bond donors (Lipinski definition) is 2. The zero-order chi connectivity index (χ0) is 9.90. The van der Waals surface area contributed by atoms with Crippen molar-refractivity contribution >= 4 is 17.9 Å². The highest BCUT2D eigenvalue weighted by molar-refractivity contribution is 7.99. The molecule has 1 aliphatic rings. The lowest BCUT2D eigenvalue weighted by molar-refractivity contribution is -0.120. The molecule has 1 amide bonds. The van der Waals surface area contributed by atoms with Crippen molar-refractivity contribution in [3.8, 4) is 0 Å². The first-order valence-corrected chi connectivity index (χ1v) is 5.23. The van der Waals surface area contributed by atoms with Gasteiger partial charge in [0, 0.05) is 4.75 Å². The summed E-state index contributed by atoms with van der Waals surface area (Å²) in [5.41, 5.74) is 5.58. The Kier molecular flexibility index (Phi) is 3.39. The number of carbonyl (C=O) groups excluding carboxylic acids is 1. The smallest absolute Gasteiger partial charge is 0.247 e. The fourth-order valence-electron chi connectivity index (χ4n) is 0.814. The summed E-state index contributed by atoms with van der Waals surface area (Å²) in [6.45, 7) is 5.67. The molecule has 0 bridgehead atoms. The first kappa shape index (κ1) is 10.6. The van der Waals surface area contributed by atoms with Crippen LogP contribution in [-0.4, -0.2) is 16.7 Å². The second-order valence-electron chi connectivity index (χ2n) is 3.65. The van der Waals surface area contributed by atoms with Gasteiger partial charge in [0.2, 0.25) is 5.91 Å². The Labute approximate surface area is 83.3 Å². The number of amides is 1. The van der Waals surface area contributed by atoms with E-state index >= 15 is 0 Å². The van der Waals surface area contributed by atoms with Gasteiger partial charge in [0.05, 0.1) is 6.04 Å². The molecule has 0 saturated heterocycles. The summed E-state index contributed by atoms with van der Waals surface area (Å²) in [7, 11) is 0. The Morgan fingerprint density at radius 3 is 2.92 bits per heavy atom. The first-order chi connectivity index (χ1) is 6.07. The maximum atomic E-state index is 11.3. The van der Waals surface area contributed by atoms with E-state index in [0.717, 1.165) is 0 Å². The SMILES string of the molecule is C=CCC(N)C(=O)NSC1(C)CC1. The average Bonchev–Trinajstić information content (AvgIpc) is 2.81. The molecule has 1 rings (SSSR count). The normalized spacial score (nSPS) is 20.5. The zero-order valence-corrected chi connectivity index (χ0v) is 8.69. The lowest BCUT2D eigenvalue weighted by Crippen LogP contribution is -2.37. The van der Waals surface area contributed by atoms with Gasteiger partial charge < -0.3 is 5.73 Å². The Morgan fingerprint density at radius 1 is 1.85 bits per heavy atom. The van der Waals surface area contributed by atoms with E-state index < -0.39 is 6.04 Å². The van der Waals surface area contributed by atoms with Crippen molar-refractivity contribution in [2.75, 3.05) is 0 Å². The minimum atomic E-state index is -0.452. The van der Waals surface area contributed by atoms with Crippen LogP contribution >= 0.6 is 11.9 Å². The average molecular weight is 200 g/mol. The summed E-state index contributed by atoms with van der Waals surface area (Å²) < 4.78 is 3.04. The number of nitrogens with one attached hydrogen (secondary N) is 1. The molecule has 0 aromatic carbocycles. The highest BCUT2D eigenvalue weighted by atomic mass is 32.2. The van der Waals surface area contributed by atoms with E-state index in [1.165, 1.54) is 24.8 Å². The van der Waals surface area contributed by atoms with Crippen LogP contribution in [0, 0.1) is 0 Å². The predicted molar refractivity (Wildman–Crippen MR) is 56.2 cm³/mol. The molecular weight excluding hydrogens is 184 g/mol. The minimum Gasteiger partial charge on any atom is -0.320 e. The summed E-state index contributed by atoms with van der Waals surface area (Å²) in [5, 5.41) is 0. The van der Waals surface area contributed by atoms with Crippen LogP contribution in [0.1, 0.15) is 26.2 Å². The fourth-order valence-corrected chi connectivity index (χ4v) is 1.62. The van der Waals surface area contributed by atoms with Gasteiger partial charge in [-0.3, -0.25) is 9.52 Å². The molecule has 1 aliphatic carbocycles. The van der Waals surface area contributed by atoms with Crippen LogP contribution in [0.4, 0.5) is 0 Å². The topological polar surface area (TPSA) is 55.1 Å². The summed E-state index contributed by atoms with van der Waals surface area (Å²) in [6, 6.07) is -0.452. The minimum absolute atomic E-state index is 0.0991. The van der Waals surface area contributed by atoms with E-state index in [0.29, 0.717) is 6.42 Å². The quantitative estimate of drug-likeness (QED) is 0.518. The Hall–Kier alpha value is -0.480. The van der Waals surface area contributed by atoms with Gasteiger partial charge in [-0.05, 0) is 38.1 Å². The lowest BCUT2D eigenvalue weighted by Gasteiger charge is -2.12. The third-order valence-electron chi connectivity index (χ3n) is 2.11. The van der Waals surface area contributed by atoms with E-state index in [-0.39, 0.29) is 10.7 Å². The van der Waals surface area contributed by atoms with Crippen LogP contribution in [0.3, 0.4) is 0 Å². The van der Waals surface area contributed by atoms with Crippen molar-refractivity contribution in [1.82, 2.24) is 4.72 Å². The van der Waals surface area contributed by atoms with E-state index in [9.17, 15) is 4.79 Å². The maximum Gasteiger partial charge on any atom is 0.247 e. The second-order valence-corrected chi connectivity index (χ2v) is 5.04. The molecule has 3 N–H and O–H groups in total. The van der Waals surface area contributed by atoms with Crippen molar-refractivity contribution in [2.45, 2.75) is 37.0 Å². The molecule has 4 heteroatoms. The molecule has 13 heavy (non-hydrogen) atoms. The highest BCUT2D eigenvalue weighted by Gasteiger charge is 2.39. The Balaban J connectivity index is 2.20. The number of nitrogens with two attached hydrogens (primary N) is 1. The Morgan fingerprint density at radius 2 is 2.46 bits per heavy atom. The van der Waals surface area contributed by atoms with Gasteiger partial charge in [-0.15, -0.1) is 6.58 Å².